The molecule has 0 spiro atoms. The van der Waals surface area contributed by atoms with Crippen LogP contribution in [0.2, 0.25) is 0 Å². The minimum atomic E-state index is -0.712. The number of ketones is 2. The van der Waals surface area contributed by atoms with Gasteiger partial charge in [-0.2, -0.15) is 0 Å². The lowest BCUT2D eigenvalue weighted by Crippen LogP contribution is -2.58. The Morgan fingerprint density at radius 3 is 2.50 bits per heavy atom. The number of carbonyl (C=O) groups excluding carboxylic acids is 2. The first kappa shape index (κ1) is 21.8. The molecule has 0 aromatic carbocycles. The molecule has 4 aliphatic rings. The Balaban J connectivity index is 1.65. The summed E-state index contributed by atoms with van der Waals surface area (Å²) in [6, 6.07) is 0. The second-order valence-electron chi connectivity index (χ2n) is 11.3. The van der Waals surface area contributed by atoms with Crippen molar-refractivity contribution in [2.45, 2.75) is 85.5 Å². The molecule has 30 heavy (non-hydrogen) atoms. The summed E-state index contributed by atoms with van der Waals surface area (Å²) in [5, 5.41) is 9.13. The predicted molar refractivity (Wildman–Crippen MR) is 116 cm³/mol. The van der Waals surface area contributed by atoms with Gasteiger partial charge in [0.2, 0.25) is 0 Å². The van der Waals surface area contributed by atoms with E-state index in [0.717, 1.165) is 44.1 Å². The third kappa shape index (κ3) is 3.12. The zero-order valence-electron chi connectivity index (χ0n) is 19.1. The van der Waals surface area contributed by atoms with Crippen molar-refractivity contribution in [1.82, 2.24) is 0 Å². The summed E-state index contributed by atoms with van der Waals surface area (Å²) < 4.78 is 0. The number of hydrogen-bond donors (Lipinski definition) is 1. The van der Waals surface area contributed by atoms with E-state index in [1.807, 2.05) is 13.0 Å². The number of carbonyl (C=O) groups is 3. The van der Waals surface area contributed by atoms with Gasteiger partial charge in [0, 0.05) is 25.2 Å². The van der Waals surface area contributed by atoms with Crippen LogP contribution in [-0.2, 0) is 14.4 Å². The number of hydrogen-bond acceptors (Lipinski definition) is 3. The number of Topliss-reactive ketones (excluding diaryl/α,β-unsaturated/α-hetero) is 2. The summed E-state index contributed by atoms with van der Waals surface area (Å²) in [5.74, 6) is 1.79. The van der Waals surface area contributed by atoms with E-state index < -0.39 is 5.97 Å². The molecule has 0 bridgehead atoms. The monoisotopic (exact) mass is 414 g/mol. The molecule has 0 heterocycles. The number of carboxylic acids is 1. The van der Waals surface area contributed by atoms with Gasteiger partial charge in [-0.1, -0.05) is 26.8 Å². The van der Waals surface area contributed by atoms with Gasteiger partial charge >= 0.3 is 5.97 Å². The van der Waals surface area contributed by atoms with E-state index in [9.17, 15) is 14.4 Å². The smallest absolute Gasteiger partial charge is 0.303 e. The van der Waals surface area contributed by atoms with Crippen LogP contribution in [-0.4, -0.2) is 22.6 Å². The molecule has 4 saturated carbocycles. The first-order valence-corrected chi connectivity index (χ1v) is 12.1. The van der Waals surface area contributed by atoms with E-state index in [1.54, 1.807) is 0 Å². The molecular formula is C26H38O4. The first-order chi connectivity index (χ1) is 14.1. The van der Waals surface area contributed by atoms with Gasteiger partial charge < -0.3 is 5.11 Å². The minimum Gasteiger partial charge on any atom is -0.481 e. The summed E-state index contributed by atoms with van der Waals surface area (Å²) in [7, 11) is 0. The van der Waals surface area contributed by atoms with Crippen LogP contribution in [0.25, 0.3) is 0 Å². The van der Waals surface area contributed by atoms with E-state index >= 15 is 0 Å². The molecule has 0 radical (unpaired) electrons. The number of carboxylic acid groups (broad SMARTS) is 1. The van der Waals surface area contributed by atoms with E-state index in [-0.39, 0.29) is 29.1 Å². The minimum absolute atomic E-state index is 0.0582. The molecule has 1 N–H and O–H groups in total. The van der Waals surface area contributed by atoms with Crippen molar-refractivity contribution in [3.63, 3.8) is 0 Å². The Bertz CT molecular complexity index is 782. The van der Waals surface area contributed by atoms with Crippen LogP contribution < -0.4 is 0 Å². The molecule has 4 nitrogen and oxygen atoms in total. The molecule has 8 atom stereocenters. The van der Waals surface area contributed by atoms with E-state index in [2.05, 4.69) is 20.8 Å². The molecular weight excluding hydrogens is 376 g/mol. The van der Waals surface area contributed by atoms with Crippen molar-refractivity contribution >= 4 is 17.5 Å². The Labute approximate surface area is 180 Å². The van der Waals surface area contributed by atoms with Gasteiger partial charge in [0.25, 0.3) is 0 Å². The highest BCUT2D eigenvalue weighted by molar-refractivity contribution is 6.00. The standard InChI is InChI=1S/C26H38O4/c1-5-17-21-14-16(27)10-12-26(21,4)20-11-13-25(3)18(15(2)6-9-22(28)29)7-8-19(25)23(20)24(17)30/h5,15,18-21,23H,6-14H2,1-4H3,(H,28,29)/b17-5+/t15-,18?,19?,20?,21?,23?,25-,26-/m1/s1. The molecule has 0 aromatic rings. The van der Waals surface area contributed by atoms with Crippen LogP contribution in [0.3, 0.4) is 0 Å². The van der Waals surface area contributed by atoms with Crippen LogP contribution in [0.1, 0.15) is 85.5 Å². The Hall–Kier alpha value is -1.45. The SMILES string of the molecule is C/C=C1/C(=O)C2C(CC[C@@]3(C)C2CCC3[C@H](C)CCC(=O)O)[C@@]2(C)CCC(=O)CC12. The van der Waals surface area contributed by atoms with Crippen molar-refractivity contribution in [3.05, 3.63) is 11.6 Å². The van der Waals surface area contributed by atoms with Crippen LogP contribution in [0.4, 0.5) is 0 Å². The van der Waals surface area contributed by atoms with Gasteiger partial charge in [0.15, 0.2) is 5.78 Å². The van der Waals surface area contributed by atoms with Crippen molar-refractivity contribution in [1.29, 1.82) is 0 Å². The molecule has 0 aromatic heterocycles. The van der Waals surface area contributed by atoms with Crippen molar-refractivity contribution in [3.8, 4) is 0 Å². The van der Waals surface area contributed by atoms with Gasteiger partial charge in [-0.3, -0.25) is 14.4 Å². The molecule has 4 rings (SSSR count). The lowest BCUT2D eigenvalue weighted by atomic mass is 9.43. The number of rotatable bonds is 4. The fraction of sp³-hybridized carbons (Fsp3) is 0.808. The molecule has 5 unspecified atom stereocenters. The summed E-state index contributed by atoms with van der Waals surface area (Å²) in [6.07, 6.45) is 9.51. The normalized spacial score (nSPS) is 45.6. The zero-order valence-corrected chi connectivity index (χ0v) is 19.1. The Kier molecular flexibility index (Phi) is 5.51. The molecule has 0 saturated heterocycles. The first-order valence-electron chi connectivity index (χ1n) is 12.1. The van der Waals surface area contributed by atoms with Crippen LogP contribution in [0.5, 0.6) is 0 Å². The van der Waals surface area contributed by atoms with E-state index in [1.165, 1.54) is 0 Å². The largest absolute Gasteiger partial charge is 0.481 e. The van der Waals surface area contributed by atoms with Crippen LogP contribution in [0, 0.1) is 46.3 Å². The fourth-order valence-corrected chi connectivity index (χ4v) is 8.54. The highest BCUT2D eigenvalue weighted by Crippen LogP contribution is 2.68. The number of aliphatic carboxylic acids is 1. The van der Waals surface area contributed by atoms with E-state index in [4.69, 9.17) is 5.11 Å². The van der Waals surface area contributed by atoms with Gasteiger partial charge in [-0.05, 0) is 91.4 Å². The molecule has 0 amide bonds. The summed E-state index contributed by atoms with van der Waals surface area (Å²) >= 11 is 0. The molecule has 4 aliphatic carbocycles. The summed E-state index contributed by atoms with van der Waals surface area (Å²) in [5.41, 5.74) is 1.11. The third-order valence-corrected chi connectivity index (χ3v) is 10.1. The second-order valence-corrected chi connectivity index (χ2v) is 11.3. The molecule has 4 fully saturated rings. The molecule has 4 heteroatoms. The summed E-state index contributed by atoms with van der Waals surface area (Å²) in [6.45, 7) is 8.95. The highest BCUT2D eigenvalue weighted by atomic mass is 16.4. The average molecular weight is 415 g/mol. The lowest BCUT2D eigenvalue weighted by molar-refractivity contribution is -0.149. The van der Waals surface area contributed by atoms with Crippen molar-refractivity contribution < 1.29 is 19.5 Å². The van der Waals surface area contributed by atoms with Crippen molar-refractivity contribution in [2.24, 2.45) is 46.3 Å². The maximum Gasteiger partial charge on any atom is 0.303 e. The van der Waals surface area contributed by atoms with Crippen LogP contribution >= 0.6 is 0 Å². The van der Waals surface area contributed by atoms with Gasteiger partial charge in [0.1, 0.15) is 5.78 Å². The Morgan fingerprint density at radius 2 is 1.83 bits per heavy atom. The molecule has 0 aliphatic heterocycles. The topological polar surface area (TPSA) is 71.4 Å². The maximum absolute atomic E-state index is 13.8. The quantitative estimate of drug-likeness (QED) is 0.621. The molecule has 166 valence electrons. The Morgan fingerprint density at radius 1 is 1.13 bits per heavy atom. The second kappa shape index (κ2) is 7.60. The van der Waals surface area contributed by atoms with Crippen LogP contribution in [0.15, 0.2) is 11.6 Å². The third-order valence-electron chi connectivity index (χ3n) is 10.1. The number of fused-ring (bicyclic) bond motifs is 5. The van der Waals surface area contributed by atoms with Crippen molar-refractivity contribution in [2.75, 3.05) is 0 Å². The van der Waals surface area contributed by atoms with E-state index in [0.29, 0.717) is 48.1 Å². The lowest BCUT2D eigenvalue weighted by Gasteiger charge is -2.60. The highest BCUT2D eigenvalue weighted by Gasteiger charge is 2.64. The average Bonchev–Trinajstić information content (AvgIpc) is 3.05. The van der Waals surface area contributed by atoms with Gasteiger partial charge in [-0.25, -0.2) is 0 Å². The van der Waals surface area contributed by atoms with Gasteiger partial charge in [0.05, 0.1) is 0 Å². The van der Waals surface area contributed by atoms with Gasteiger partial charge in [-0.15, -0.1) is 0 Å². The summed E-state index contributed by atoms with van der Waals surface area (Å²) in [4.78, 5) is 37.2. The fourth-order valence-electron chi connectivity index (χ4n) is 8.54. The zero-order chi connectivity index (χ0) is 21.8. The maximum atomic E-state index is 13.8. The number of allylic oxidation sites excluding steroid dienone is 2. The predicted octanol–water partition coefficient (Wildman–Crippen LogP) is 5.45.